The molecule has 0 aromatic heterocycles. The van der Waals surface area contributed by atoms with Gasteiger partial charge < -0.3 is 24.8 Å². The molecule has 0 aliphatic rings. The predicted molar refractivity (Wildman–Crippen MR) is 98.0 cm³/mol. The minimum absolute atomic E-state index is 0.656. The molecular weight excluding hydrogens is 306 g/mol. The first-order valence-corrected chi connectivity index (χ1v) is 8.44. The SMILES string of the molecule is CN=C(NCCCCOCCOC)NCCc1ccc(OC)cc1. The summed E-state index contributed by atoms with van der Waals surface area (Å²) >= 11 is 0. The Morgan fingerprint density at radius 2 is 1.71 bits per heavy atom. The van der Waals surface area contributed by atoms with E-state index in [9.17, 15) is 0 Å². The van der Waals surface area contributed by atoms with Gasteiger partial charge in [-0.25, -0.2) is 0 Å². The molecule has 0 amide bonds. The van der Waals surface area contributed by atoms with Gasteiger partial charge >= 0.3 is 0 Å². The van der Waals surface area contributed by atoms with Gasteiger partial charge in [0.25, 0.3) is 0 Å². The number of unbranched alkanes of at least 4 members (excludes halogenated alkanes) is 1. The first-order chi connectivity index (χ1) is 11.8. The Morgan fingerprint density at radius 3 is 2.38 bits per heavy atom. The summed E-state index contributed by atoms with van der Waals surface area (Å²) in [6, 6.07) is 8.13. The van der Waals surface area contributed by atoms with Gasteiger partial charge in [-0.05, 0) is 37.0 Å². The lowest BCUT2D eigenvalue weighted by Gasteiger charge is -2.12. The molecule has 1 aromatic carbocycles. The predicted octanol–water partition coefficient (Wildman–Crippen LogP) is 1.85. The third-order valence-electron chi connectivity index (χ3n) is 3.53. The molecule has 6 heteroatoms. The fraction of sp³-hybridized carbons (Fsp3) is 0.611. The van der Waals surface area contributed by atoms with Crippen LogP contribution in [0.25, 0.3) is 0 Å². The molecule has 1 aromatic rings. The summed E-state index contributed by atoms with van der Waals surface area (Å²) < 4.78 is 15.5. The zero-order valence-corrected chi connectivity index (χ0v) is 15.1. The summed E-state index contributed by atoms with van der Waals surface area (Å²) in [7, 11) is 5.15. The van der Waals surface area contributed by atoms with Gasteiger partial charge in [-0.1, -0.05) is 12.1 Å². The van der Waals surface area contributed by atoms with Crippen molar-refractivity contribution in [2.45, 2.75) is 19.3 Å². The summed E-state index contributed by atoms with van der Waals surface area (Å²) in [6.45, 7) is 3.82. The van der Waals surface area contributed by atoms with Crippen molar-refractivity contribution < 1.29 is 14.2 Å². The molecule has 0 atom stereocenters. The second-order valence-corrected chi connectivity index (χ2v) is 5.34. The van der Waals surface area contributed by atoms with Gasteiger partial charge in [0.05, 0.1) is 20.3 Å². The van der Waals surface area contributed by atoms with Crippen molar-refractivity contribution >= 4 is 5.96 Å². The molecule has 0 fully saturated rings. The number of hydrogen-bond donors (Lipinski definition) is 2. The minimum atomic E-state index is 0.656. The van der Waals surface area contributed by atoms with Crippen molar-refractivity contribution in [3.8, 4) is 5.75 Å². The maximum Gasteiger partial charge on any atom is 0.190 e. The van der Waals surface area contributed by atoms with Crippen molar-refractivity contribution in [1.82, 2.24) is 10.6 Å². The molecular formula is C18H31N3O3. The van der Waals surface area contributed by atoms with Crippen molar-refractivity contribution in [3.05, 3.63) is 29.8 Å². The molecule has 0 saturated carbocycles. The number of rotatable bonds is 12. The van der Waals surface area contributed by atoms with Crippen LogP contribution in [0.4, 0.5) is 0 Å². The van der Waals surface area contributed by atoms with Gasteiger partial charge in [0.1, 0.15) is 5.75 Å². The quantitative estimate of drug-likeness (QED) is 0.346. The fourth-order valence-corrected chi connectivity index (χ4v) is 2.12. The van der Waals surface area contributed by atoms with Crippen molar-refractivity contribution in [1.29, 1.82) is 0 Å². The Morgan fingerprint density at radius 1 is 0.958 bits per heavy atom. The lowest BCUT2D eigenvalue weighted by Crippen LogP contribution is -2.38. The average Bonchev–Trinajstić information content (AvgIpc) is 2.63. The van der Waals surface area contributed by atoms with E-state index in [1.807, 2.05) is 12.1 Å². The highest BCUT2D eigenvalue weighted by atomic mass is 16.5. The third kappa shape index (κ3) is 9.37. The van der Waals surface area contributed by atoms with Crippen molar-refractivity contribution in [2.75, 3.05) is 54.2 Å². The van der Waals surface area contributed by atoms with Crippen LogP contribution in [0.15, 0.2) is 29.3 Å². The van der Waals surface area contributed by atoms with Gasteiger partial charge in [0.2, 0.25) is 0 Å². The van der Waals surface area contributed by atoms with Crippen LogP contribution >= 0.6 is 0 Å². The van der Waals surface area contributed by atoms with Gasteiger partial charge in [-0.15, -0.1) is 0 Å². The lowest BCUT2D eigenvalue weighted by molar-refractivity contribution is 0.0689. The van der Waals surface area contributed by atoms with Crippen LogP contribution in [0.5, 0.6) is 5.75 Å². The Balaban J connectivity index is 2.07. The molecule has 136 valence electrons. The zero-order chi connectivity index (χ0) is 17.5. The first-order valence-electron chi connectivity index (χ1n) is 8.44. The molecule has 24 heavy (non-hydrogen) atoms. The molecule has 0 saturated heterocycles. The van der Waals surface area contributed by atoms with E-state index < -0.39 is 0 Å². The molecule has 0 aliphatic carbocycles. The van der Waals surface area contributed by atoms with Crippen LogP contribution in [0, 0.1) is 0 Å². The van der Waals surface area contributed by atoms with Crippen molar-refractivity contribution in [2.24, 2.45) is 4.99 Å². The number of nitrogens with one attached hydrogen (secondary N) is 2. The van der Waals surface area contributed by atoms with Crippen molar-refractivity contribution in [3.63, 3.8) is 0 Å². The van der Waals surface area contributed by atoms with Crippen LogP contribution in [-0.4, -0.2) is 60.1 Å². The largest absolute Gasteiger partial charge is 0.497 e. The van der Waals surface area contributed by atoms with Crippen LogP contribution in [0.3, 0.4) is 0 Å². The summed E-state index contributed by atoms with van der Waals surface area (Å²) in [5, 5.41) is 6.64. The highest BCUT2D eigenvalue weighted by molar-refractivity contribution is 5.79. The zero-order valence-electron chi connectivity index (χ0n) is 15.1. The topological polar surface area (TPSA) is 64.1 Å². The molecule has 0 heterocycles. The molecule has 0 radical (unpaired) electrons. The molecule has 6 nitrogen and oxygen atoms in total. The van der Waals surface area contributed by atoms with Gasteiger partial charge in [0.15, 0.2) is 5.96 Å². The number of methoxy groups -OCH3 is 2. The van der Waals surface area contributed by atoms with Gasteiger partial charge in [-0.3, -0.25) is 4.99 Å². The second kappa shape index (κ2) is 13.6. The lowest BCUT2D eigenvalue weighted by atomic mass is 10.1. The number of hydrogen-bond acceptors (Lipinski definition) is 4. The number of nitrogens with zero attached hydrogens (tertiary/aromatic N) is 1. The fourth-order valence-electron chi connectivity index (χ4n) is 2.12. The number of ether oxygens (including phenoxy) is 3. The number of aliphatic imine (C=N–C) groups is 1. The van der Waals surface area contributed by atoms with E-state index in [1.165, 1.54) is 5.56 Å². The van der Waals surface area contributed by atoms with Crippen LogP contribution < -0.4 is 15.4 Å². The maximum absolute atomic E-state index is 5.43. The maximum atomic E-state index is 5.43. The Kier molecular flexibility index (Phi) is 11.5. The Bertz CT molecular complexity index is 449. The molecule has 0 aliphatic heterocycles. The van der Waals surface area contributed by atoms with E-state index in [1.54, 1.807) is 21.3 Å². The molecule has 0 spiro atoms. The van der Waals surface area contributed by atoms with Crippen LogP contribution in [0.2, 0.25) is 0 Å². The number of benzene rings is 1. The van der Waals surface area contributed by atoms with E-state index in [2.05, 4.69) is 27.8 Å². The van der Waals surface area contributed by atoms with Gasteiger partial charge in [-0.2, -0.15) is 0 Å². The summed E-state index contributed by atoms with van der Waals surface area (Å²) in [5.74, 6) is 1.72. The van der Waals surface area contributed by atoms with Crippen LogP contribution in [0.1, 0.15) is 18.4 Å². The van der Waals surface area contributed by atoms with Crippen LogP contribution in [-0.2, 0) is 15.9 Å². The molecule has 0 unspecified atom stereocenters. The standard InChI is InChI=1S/C18H31N3O3/c1-19-18(20-11-4-5-13-24-15-14-22-2)21-12-10-16-6-8-17(23-3)9-7-16/h6-9H,4-5,10-15H2,1-3H3,(H2,19,20,21). The summed E-state index contributed by atoms with van der Waals surface area (Å²) in [6.07, 6.45) is 3.02. The highest BCUT2D eigenvalue weighted by Gasteiger charge is 1.99. The normalized spacial score (nSPS) is 11.4. The Labute approximate surface area is 145 Å². The molecule has 0 bridgehead atoms. The van der Waals surface area contributed by atoms with E-state index in [0.29, 0.717) is 13.2 Å². The highest BCUT2D eigenvalue weighted by Crippen LogP contribution is 2.11. The molecule has 1 rings (SSSR count). The average molecular weight is 337 g/mol. The van der Waals surface area contributed by atoms with Gasteiger partial charge in [0, 0.05) is 33.9 Å². The Hall–Kier alpha value is -1.79. The monoisotopic (exact) mass is 337 g/mol. The third-order valence-corrected chi connectivity index (χ3v) is 3.53. The second-order valence-electron chi connectivity index (χ2n) is 5.34. The molecule has 2 N–H and O–H groups in total. The first kappa shape index (κ1) is 20.3. The summed E-state index contributed by atoms with van der Waals surface area (Å²) in [5.41, 5.74) is 1.27. The summed E-state index contributed by atoms with van der Waals surface area (Å²) in [4.78, 5) is 4.23. The van der Waals surface area contributed by atoms with E-state index in [4.69, 9.17) is 14.2 Å². The minimum Gasteiger partial charge on any atom is -0.497 e. The van der Waals surface area contributed by atoms with E-state index >= 15 is 0 Å². The number of guanidine groups is 1. The van der Waals surface area contributed by atoms with E-state index in [-0.39, 0.29) is 0 Å². The van der Waals surface area contributed by atoms with E-state index in [0.717, 1.165) is 50.7 Å². The smallest absolute Gasteiger partial charge is 0.190 e.